The van der Waals surface area contributed by atoms with Crippen LogP contribution in [0.15, 0.2) is 77.2 Å². The van der Waals surface area contributed by atoms with Gasteiger partial charge in [-0.2, -0.15) is 0 Å². The third kappa shape index (κ3) is 3.47. The highest BCUT2D eigenvalue weighted by molar-refractivity contribution is 6.32. The number of ether oxygens (including phenoxy) is 1. The molecule has 0 unspecified atom stereocenters. The average molecular weight is 392 g/mol. The van der Waals surface area contributed by atoms with Crippen molar-refractivity contribution in [3.63, 3.8) is 0 Å². The Kier molecular flexibility index (Phi) is 5.04. The van der Waals surface area contributed by atoms with Gasteiger partial charge in [0, 0.05) is 17.5 Å². The Morgan fingerprint density at radius 1 is 1.04 bits per heavy atom. The minimum absolute atomic E-state index is 0.240. The van der Waals surface area contributed by atoms with Crippen LogP contribution in [0.2, 0.25) is 5.02 Å². The lowest BCUT2D eigenvalue weighted by Gasteiger charge is -2.08. The van der Waals surface area contributed by atoms with Gasteiger partial charge in [0.25, 0.3) is 0 Å². The van der Waals surface area contributed by atoms with Crippen LogP contribution in [0.5, 0.6) is 5.75 Å². The van der Waals surface area contributed by atoms with Crippen LogP contribution in [-0.4, -0.2) is 12.9 Å². The molecule has 0 atom stereocenters. The zero-order valence-electron chi connectivity index (χ0n) is 15.2. The summed E-state index contributed by atoms with van der Waals surface area (Å²) in [6.07, 6.45) is 0. The first-order chi connectivity index (χ1) is 13.7. The Bertz CT molecular complexity index is 1140. The monoisotopic (exact) mass is 391 g/mol. The zero-order valence-corrected chi connectivity index (χ0v) is 16.0. The lowest BCUT2D eigenvalue weighted by atomic mass is 10.1. The Labute approximate surface area is 167 Å². The lowest BCUT2D eigenvalue weighted by molar-refractivity contribution is 0.101. The van der Waals surface area contributed by atoms with E-state index in [1.54, 1.807) is 18.2 Å². The number of carbonyl (C=O) groups excluding carboxylic acids is 1. The molecule has 1 aromatic heterocycles. The molecular weight excluding hydrogens is 374 g/mol. The highest BCUT2D eigenvalue weighted by Crippen LogP contribution is 2.34. The van der Waals surface area contributed by atoms with Crippen LogP contribution >= 0.6 is 11.6 Å². The summed E-state index contributed by atoms with van der Waals surface area (Å²) in [6, 6.07) is 22.5. The smallest absolute Gasteiger partial charge is 0.230 e. The Morgan fingerprint density at radius 3 is 2.54 bits per heavy atom. The van der Waals surface area contributed by atoms with Crippen LogP contribution in [0.1, 0.15) is 21.7 Å². The Morgan fingerprint density at radius 2 is 1.79 bits per heavy atom. The van der Waals surface area contributed by atoms with Crippen molar-refractivity contribution in [3.05, 3.63) is 94.7 Å². The molecule has 0 amide bonds. The number of carbonyl (C=O) groups is 1. The molecule has 1 N–H and O–H groups in total. The van der Waals surface area contributed by atoms with Crippen LogP contribution in [0.4, 0.5) is 5.69 Å². The molecule has 4 nitrogen and oxygen atoms in total. The van der Waals surface area contributed by atoms with Crippen molar-refractivity contribution in [2.45, 2.75) is 6.54 Å². The van der Waals surface area contributed by atoms with Gasteiger partial charge in [0.05, 0.1) is 17.8 Å². The van der Waals surface area contributed by atoms with Crippen LogP contribution < -0.4 is 10.1 Å². The highest BCUT2D eigenvalue weighted by atomic mass is 35.5. The van der Waals surface area contributed by atoms with Gasteiger partial charge in [-0.15, -0.1) is 0 Å². The predicted octanol–water partition coefficient (Wildman–Crippen LogP) is 5.94. The van der Waals surface area contributed by atoms with Crippen molar-refractivity contribution >= 4 is 34.0 Å². The zero-order chi connectivity index (χ0) is 19.5. The summed E-state index contributed by atoms with van der Waals surface area (Å²) in [5, 5.41) is 4.61. The van der Waals surface area contributed by atoms with Crippen molar-refractivity contribution in [2.75, 3.05) is 12.4 Å². The second-order valence-corrected chi connectivity index (χ2v) is 6.73. The minimum Gasteiger partial charge on any atom is -0.495 e. The molecule has 140 valence electrons. The molecule has 4 aromatic rings. The third-order valence-electron chi connectivity index (χ3n) is 4.53. The minimum atomic E-state index is -0.240. The molecule has 0 aliphatic rings. The predicted molar refractivity (Wildman–Crippen MR) is 111 cm³/mol. The Balaban J connectivity index is 1.73. The van der Waals surface area contributed by atoms with Crippen LogP contribution in [-0.2, 0) is 6.54 Å². The number of para-hydroxylation sites is 1. The summed E-state index contributed by atoms with van der Waals surface area (Å²) in [7, 11) is 1.54. The standard InChI is InChI=1S/C23H18ClNO3/c1-27-20-12-11-16(13-18(20)24)22(26)23-21(17-9-5-6-10-19(17)28-23)25-14-15-7-3-2-4-8-15/h2-13,25H,14H2,1H3. The van der Waals surface area contributed by atoms with Gasteiger partial charge in [0.15, 0.2) is 5.76 Å². The van der Waals surface area contributed by atoms with Gasteiger partial charge in [-0.05, 0) is 35.9 Å². The summed E-state index contributed by atoms with van der Waals surface area (Å²) in [5.41, 5.74) is 2.88. The van der Waals surface area contributed by atoms with E-state index in [0.29, 0.717) is 34.2 Å². The normalized spacial score (nSPS) is 10.8. The molecule has 0 spiro atoms. The lowest BCUT2D eigenvalue weighted by Crippen LogP contribution is -2.06. The van der Waals surface area contributed by atoms with Gasteiger partial charge < -0.3 is 14.5 Å². The molecule has 0 fully saturated rings. The second kappa shape index (κ2) is 7.79. The van der Waals surface area contributed by atoms with E-state index in [0.717, 1.165) is 10.9 Å². The number of nitrogens with one attached hydrogen (secondary N) is 1. The van der Waals surface area contributed by atoms with E-state index >= 15 is 0 Å². The molecule has 0 saturated carbocycles. The van der Waals surface area contributed by atoms with Gasteiger partial charge >= 0.3 is 0 Å². The molecule has 3 aromatic carbocycles. The first-order valence-electron chi connectivity index (χ1n) is 8.85. The number of ketones is 1. The molecule has 1 heterocycles. The quantitative estimate of drug-likeness (QED) is 0.413. The number of hydrogen-bond acceptors (Lipinski definition) is 4. The first kappa shape index (κ1) is 18.1. The van der Waals surface area contributed by atoms with Gasteiger partial charge in [0.1, 0.15) is 11.3 Å². The van der Waals surface area contributed by atoms with Gasteiger partial charge in [-0.3, -0.25) is 4.79 Å². The fourth-order valence-corrected chi connectivity index (χ4v) is 3.36. The molecule has 0 bridgehead atoms. The SMILES string of the molecule is COc1ccc(C(=O)c2oc3ccccc3c2NCc2ccccc2)cc1Cl. The first-order valence-corrected chi connectivity index (χ1v) is 9.22. The second-order valence-electron chi connectivity index (χ2n) is 6.32. The number of hydrogen-bond donors (Lipinski definition) is 1. The van der Waals surface area contributed by atoms with E-state index in [2.05, 4.69) is 5.32 Å². The number of benzene rings is 3. The number of rotatable bonds is 6. The van der Waals surface area contributed by atoms with E-state index in [4.69, 9.17) is 20.8 Å². The summed E-state index contributed by atoms with van der Waals surface area (Å²) >= 11 is 6.20. The topological polar surface area (TPSA) is 51.5 Å². The van der Waals surface area contributed by atoms with Crippen molar-refractivity contribution in [2.24, 2.45) is 0 Å². The number of anilines is 1. The van der Waals surface area contributed by atoms with E-state index in [9.17, 15) is 4.79 Å². The van der Waals surface area contributed by atoms with Gasteiger partial charge in [-0.1, -0.05) is 54.1 Å². The molecule has 0 aliphatic heterocycles. The molecule has 0 saturated heterocycles. The van der Waals surface area contributed by atoms with Crippen LogP contribution in [0, 0.1) is 0 Å². The molecule has 0 aliphatic carbocycles. The maximum atomic E-state index is 13.2. The number of methoxy groups -OCH3 is 1. The summed E-state index contributed by atoms with van der Waals surface area (Å²) in [6.45, 7) is 0.577. The Hall–Kier alpha value is -3.24. The summed E-state index contributed by atoms with van der Waals surface area (Å²) in [4.78, 5) is 13.2. The summed E-state index contributed by atoms with van der Waals surface area (Å²) < 4.78 is 11.1. The molecule has 0 radical (unpaired) electrons. The highest BCUT2D eigenvalue weighted by Gasteiger charge is 2.22. The molecule has 28 heavy (non-hydrogen) atoms. The van der Waals surface area contributed by atoms with Crippen LogP contribution in [0.3, 0.4) is 0 Å². The van der Waals surface area contributed by atoms with E-state index < -0.39 is 0 Å². The molecule has 4 rings (SSSR count). The molecular formula is C23H18ClNO3. The largest absolute Gasteiger partial charge is 0.495 e. The maximum absolute atomic E-state index is 13.2. The summed E-state index contributed by atoms with van der Waals surface area (Å²) in [5.74, 6) is 0.542. The number of furan rings is 1. The van der Waals surface area contributed by atoms with E-state index in [1.807, 2.05) is 54.6 Å². The van der Waals surface area contributed by atoms with Crippen molar-refractivity contribution < 1.29 is 13.9 Å². The molecule has 5 heteroatoms. The fraction of sp³-hybridized carbons (Fsp3) is 0.0870. The van der Waals surface area contributed by atoms with Gasteiger partial charge in [0.2, 0.25) is 5.78 Å². The van der Waals surface area contributed by atoms with Crippen LogP contribution in [0.25, 0.3) is 11.0 Å². The van der Waals surface area contributed by atoms with Crippen molar-refractivity contribution in [1.29, 1.82) is 0 Å². The van der Waals surface area contributed by atoms with Crippen molar-refractivity contribution in [1.82, 2.24) is 0 Å². The number of halogens is 1. The van der Waals surface area contributed by atoms with Gasteiger partial charge in [-0.25, -0.2) is 0 Å². The van der Waals surface area contributed by atoms with E-state index in [1.165, 1.54) is 7.11 Å². The van der Waals surface area contributed by atoms with Crippen molar-refractivity contribution in [3.8, 4) is 5.75 Å². The third-order valence-corrected chi connectivity index (χ3v) is 4.82. The maximum Gasteiger partial charge on any atom is 0.230 e. The fourth-order valence-electron chi connectivity index (χ4n) is 3.11. The average Bonchev–Trinajstić information content (AvgIpc) is 3.11. The number of fused-ring (bicyclic) bond motifs is 1. The van der Waals surface area contributed by atoms with E-state index in [-0.39, 0.29) is 11.5 Å².